The third kappa shape index (κ3) is 3.45. The number of hydrogen-bond acceptors (Lipinski definition) is 4. The van der Waals surface area contributed by atoms with E-state index in [1.807, 2.05) is 24.3 Å². The zero-order valence-electron chi connectivity index (χ0n) is 13.8. The maximum Gasteiger partial charge on any atom is 0.251 e. The SMILES string of the molecule is O=C(NCC1CCOc2ccccc2C1)c1ccc2nccnc2c1. The fraction of sp³-hybridized carbons (Fsp3) is 0.250. The number of fused-ring (bicyclic) bond motifs is 2. The average Bonchev–Trinajstić information content (AvgIpc) is 2.87. The minimum atomic E-state index is -0.0778. The molecule has 0 bridgehead atoms. The molecule has 0 spiro atoms. The first kappa shape index (κ1) is 15.6. The molecule has 2 heterocycles. The van der Waals surface area contributed by atoms with E-state index in [-0.39, 0.29) is 5.91 Å². The smallest absolute Gasteiger partial charge is 0.251 e. The zero-order chi connectivity index (χ0) is 17.1. The van der Waals surface area contributed by atoms with Crippen LogP contribution in [0.15, 0.2) is 54.9 Å². The fourth-order valence-electron chi connectivity index (χ4n) is 3.18. The Bertz CT molecular complexity index is 910. The first-order valence-corrected chi connectivity index (χ1v) is 8.49. The van der Waals surface area contributed by atoms with Gasteiger partial charge in [-0.2, -0.15) is 0 Å². The fourth-order valence-corrected chi connectivity index (χ4v) is 3.18. The van der Waals surface area contributed by atoms with Crippen LogP contribution in [0.5, 0.6) is 5.75 Å². The van der Waals surface area contributed by atoms with E-state index in [9.17, 15) is 4.79 Å². The number of carbonyl (C=O) groups is 1. The highest BCUT2D eigenvalue weighted by Crippen LogP contribution is 2.26. The topological polar surface area (TPSA) is 64.1 Å². The third-order valence-electron chi connectivity index (χ3n) is 4.55. The quantitative estimate of drug-likeness (QED) is 0.800. The molecular formula is C20H19N3O2. The summed E-state index contributed by atoms with van der Waals surface area (Å²) in [7, 11) is 0. The van der Waals surface area contributed by atoms with Gasteiger partial charge in [-0.3, -0.25) is 14.8 Å². The summed E-state index contributed by atoms with van der Waals surface area (Å²) in [6.45, 7) is 1.32. The molecule has 0 saturated heterocycles. The van der Waals surface area contributed by atoms with Crippen LogP contribution in [0.3, 0.4) is 0 Å². The standard InChI is InChI=1S/C20H19N3O2/c24-20(16-5-6-17-18(12-16)22-9-8-21-17)23-13-14-7-10-25-19-4-2-1-3-15(19)11-14/h1-6,8-9,12,14H,7,10-11,13H2,(H,23,24). The molecule has 5 nitrogen and oxygen atoms in total. The summed E-state index contributed by atoms with van der Waals surface area (Å²) in [5, 5.41) is 3.05. The van der Waals surface area contributed by atoms with Crippen LogP contribution in [0.2, 0.25) is 0 Å². The summed E-state index contributed by atoms with van der Waals surface area (Å²) in [5.41, 5.74) is 3.34. The van der Waals surface area contributed by atoms with Crippen molar-refractivity contribution in [3.8, 4) is 5.75 Å². The second-order valence-electron chi connectivity index (χ2n) is 6.28. The molecule has 1 aliphatic rings. The highest BCUT2D eigenvalue weighted by atomic mass is 16.5. The average molecular weight is 333 g/mol. The van der Waals surface area contributed by atoms with Crippen LogP contribution >= 0.6 is 0 Å². The molecule has 3 aromatic rings. The summed E-state index contributed by atoms with van der Waals surface area (Å²) in [6.07, 6.45) is 5.12. The van der Waals surface area contributed by atoms with E-state index in [0.29, 0.717) is 24.6 Å². The van der Waals surface area contributed by atoms with Crippen LogP contribution < -0.4 is 10.1 Å². The first-order valence-electron chi connectivity index (χ1n) is 8.49. The van der Waals surface area contributed by atoms with Crippen molar-refractivity contribution < 1.29 is 9.53 Å². The van der Waals surface area contributed by atoms with Crippen LogP contribution in [-0.4, -0.2) is 29.0 Å². The van der Waals surface area contributed by atoms with Gasteiger partial charge in [0.05, 0.1) is 17.6 Å². The number of hydrogen-bond donors (Lipinski definition) is 1. The van der Waals surface area contributed by atoms with Crippen molar-refractivity contribution in [1.82, 2.24) is 15.3 Å². The highest BCUT2D eigenvalue weighted by Gasteiger charge is 2.18. The lowest BCUT2D eigenvalue weighted by atomic mass is 9.97. The lowest BCUT2D eigenvalue weighted by molar-refractivity contribution is 0.0945. The third-order valence-corrected chi connectivity index (χ3v) is 4.55. The highest BCUT2D eigenvalue weighted by molar-refractivity contribution is 5.97. The van der Waals surface area contributed by atoms with Gasteiger partial charge in [0.25, 0.3) is 5.91 Å². The van der Waals surface area contributed by atoms with Crippen molar-refractivity contribution in [3.63, 3.8) is 0 Å². The van der Waals surface area contributed by atoms with Crippen LogP contribution in [0.1, 0.15) is 22.3 Å². The normalized spacial score (nSPS) is 16.6. The molecule has 1 aliphatic heterocycles. The number of para-hydroxylation sites is 1. The summed E-state index contributed by atoms with van der Waals surface area (Å²) < 4.78 is 5.79. The first-order chi connectivity index (χ1) is 12.3. The van der Waals surface area contributed by atoms with Crippen molar-refractivity contribution in [3.05, 3.63) is 66.0 Å². The maximum absolute atomic E-state index is 12.5. The van der Waals surface area contributed by atoms with E-state index < -0.39 is 0 Å². The van der Waals surface area contributed by atoms with Gasteiger partial charge < -0.3 is 10.1 Å². The van der Waals surface area contributed by atoms with Crippen LogP contribution in [-0.2, 0) is 6.42 Å². The predicted octanol–water partition coefficient (Wildman–Crippen LogP) is 3.00. The number of aromatic nitrogens is 2. The number of nitrogens with one attached hydrogen (secondary N) is 1. The number of carbonyl (C=O) groups excluding carboxylic acids is 1. The summed E-state index contributed by atoms with van der Waals surface area (Å²) in [6, 6.07) is 13.5. The summed E-state index contributed by atoms with van der Waals surface area (Å²) in [4.78, 5) is 20.9. The molecule has 1 unspecified atom stereocenters. The number of nitrogens with zero attached hydrogens (tertiary/aromatic N) is 2. The van der Waals surface area contributed by atoms with E-state index in [1.165, 1.54) is 5.56 Å². The minimum Gasteiger partial charge on any atom is -0.493 e. The molecule has 25 heavy (non-hydrogen) atoms. The lowest BCUT2D eigenvalue weighted by Crippen LogP contribution is -2.30. The van der Waals surface area contributed by atoms with Gasteiger partial charge in [0.1, 0.15) is 5.75 Å². The van der Waals surface area contributed by atoms with E-state index in [4.69, 9.17) is 4.74 Å². The molecular weight excluding hydrogens is 314 g/mol. The van der Waals surface area contributed by atoms with Gasteiger partial charge >= 0.3 is 0 Å². The Balaban J connectivity index is 1.42. The predicted molar refractivity (Wildman–Crippen MR) is 95.6 cm³/mol. The van der Waals surface area contributed by atoms with Crippen LogP contribution in [0.25, 0.3) is 11.0 Å². The lowest BCUT2D eigenvalue weighted by Gasteiger charge is -2.14. The molecule has 1 aromatic heterocycles. The molecule has 0 saturated carbocycles. The number of amides is 1. The number of rotatable bonds is 3. The van der Waals surface area contributed by atoms with Crippen molar-refractivity contribution in [2.45, 2.75) is 12.8 Å². The molecule has 5 heteroatoms. The molecule has 4 rings (SSSR count). The Morgan fingerprint density at radius 1 is 1.12 bits per heavy atom. The Morgan fingerprint density at radius 3 is 2.88 bits per heavy atom. The van der Waals surface area contributed by atoms with Crippen molar-refractivity contribution in [1.29, 1.82) is 0 Å². The van der Waals surface area contributed by atoms with Gasteiger partial charge in [-0.15, -0.1) is 0 Å². The second-order valence-corrected chi connectivity index (χ2v) is 6.28. The molecule has 1 amide bonds. The Labute approximate surface area is 146 Å². The number of ether oxygens (including phenoxy) is 1. The van der Waals surface area contributed by atoms with Gasteiger partial charge in [-0.05, 0) is 48.6 Å². The minimum absolute atomic E-state index is 0.0778. The van der Waals surface area contributed by atoms with Crippen LogP contribution in [0.4, 0.5) is 0 Å². The van der Waals surface area contributed by atoms with Crippen molar-refractivity contribution >= 4 is 16.9 Å². The Morgan fingerprint density at radius 2 is 1.96 bits per heavy atom. The monoisotopic (exact) mass is 333 g/mol. The molecule has 0 aliphatic carbocycles. The summed E-state index contributed by atoms with van der Waals surface area (Å²) in [5.74, 6) is 1.25. The molecule has 0 radical (unpaired) electrons. The van der Waals surface area contributed by atoms with Crippen LogP contribution in [0, 0.1) is 5.92 Å². The molecule has 1 N–H and O–H groups in total. The van der Waals surface area contributed by atoms with Crippen molar-refractivity contribution in [2.75, 3.05) is 13.2 Å². The van der Waals surface area contributed by atoms with E-state index >= 15 is 0 Å². The Kier molecular flexibility index (Phi) is 4.29. The maximum atomic E-state index is 12.5. The molecule has 1 atom stereocenters. The van der Waals surface area contributed by atoms with Gasteiger partial charge in [-0.25, -0.2) is 0 Å². The van der Waals surface area contributed by atoms with E-state index in [2.05, 4.69) is 21.4 Å². The number of benzene rings is 2. The zero-order valence-corrected chi connectivity index (χ0v) is 13.8. The summed E-state index contributed by atoms with van der Waals surface area (Å²) >= 11 is 0. The van der Waals surface area contributed by atoms with E-state index in [0.717, 1.165) is 29.6 Å². The second kappa shape index (κ2) is 6.89. The van der Waals surface area contributed by atoms with Gasteiger partial charge in [0.15, 0.2) is 0 Å². The Hall–Kier alpha value is -2.95. The molecule has 126 valence electrons. The molecule has 0 fully saturated rings. The molecule has 2 aromatic carbocycles. The van der Waals surface area contributed by atoms with Gasteiger partial charge in [-0.1, -0.05) is 18.2 Å². The van der Waals surface area contributed by atoms with Gasteiger partial charge in [0, 0.05) is 24.5 Å². The van der Waals surface area contributed by atoms with Gasteiger partial charge in [0.2, 0.25) is 0 Å². The largest absolute Gasteiger partial charge is 0.493 e. The van der Waals surface area contributed by atoms with Crippen molar-refractivity contribution in [2.24, 2.45) is 5.92 Å². The van der Waals surface area contributed by atoms with E-state index in [1.54, 1.807) is 24.5 Å².